The van der Waals surface area contributed by atoms with E-state index in [4.69, 9.17) is 9.47 Å². The number of nitrogens with one attached hydrogen (secondary N) is 1. The molecule has 1 aliphatic rings. The molecule has 0 saturated carbocycles. The molecule has 0 aromatic heterocycles. The van der Waals surface area contributed by atoms with E-state index >= 15 is 0 Å². The van der Waals surface area contributed by atoms with Crippen molar-refractivity contribution in [2.24, 2.45) is 0 Å². The van der Waals surface area contributed by atoms with Gasteiger partial charge in [-0.25, -0.2) is 13.1 Å². The molecule has 2 aromatic rings. The molecule has 6 heteroatoms. The largest absolute Gasteiger partial charge is 0.497 e. The standard InChI is InChI=1S/C19H23NO4S/c1-23-17-8-6-15(19(13-17)24-2)10-11-20-25(21,22)18-9-7-14-4-3-5-16(14)12-18/h6-9,12-13,20H,3-5,10-11H2,1-2H3. The third kappa shape index (κ3) is 3.96. The predicted molar refractivity (Wildman–Crippen MR) is 96.9 cm³/mol. The zero-order valence-corrected chi connectivity index (χ0v) is 15.4. The van der Waals surface area contributed by atoms with Gasteiger partial charge in [0.2, 0.25) is 10.0 Å². The zero-order chi connectivity index (χ0) is 17.9. The first-order valence-corrected chi connectivity index (χ1v) is 9.84. The van der Waals surface area contributed by atoms with Gasteiger partial charge in [0.1, 0.15) is 11.5 Å². The topological polar surface area (TPSA) is 64.6 Å². The Kier molecular flexibility index (Phi) is 5.30. The summed E-state index contributed by atoms with van der Waals surface area (Å²) < 4.78 is 38.2. The Labute approximate surface area is 149 Å². The van der Waals surface area contributed by atoms with Crippen LogP contribution in [0.25, 0.3) is 0 Å². The van der Waals surface area contributed by atoms with E-state index in [9.17, 15) is 8.42 Å². The molecule has 0 spiro atoms. The van der Waals surface area contributed by atoms with Crippen LogP contribution in [0.4, 0.5) is 0 Å². The fourth-order valence-electron chi connectivity index (χ4n) is 3.18. The fraction of sp³-hybridized carbons (Fsp3) is 0.368. The highest BCUT2D eigenvalue weighted by Gasteiger charge is 2.18. The molecule has 0 bridgehead atoms. The minimum Gasteiger partial charge on any atom is -0.497 e. The number of hydrogen-bond acceptors (Lipinski definition) is 4. The Morgan fingerprint density at radius 3 is 2.56 bits per heavy atom. The van der Waals surface area contributed by atoms with E-state index in [-0.39, 0.29) is 0 Å². The van der Waals surface area contributed by atoms with Crippen molar-refractivity contribution in [2.45, 2.75) is 30.6 Å². The summed E-state index contributed by atoms with van der Waals surface area (Å²) in [7, 11) is -0.313. The summed E-state index contributed by atoms with van der Waals surface area (Å²) in [5.41, 5.74) is 3.35. The van der Waals surface area contributed by atoms with Gasteiger partial charge in [-0.2, -0.15) is 0 Å². The lowest BCUT2D eigenvalue weighted by atomic mass is 10.1. The third-order valence-corrected chi connectivity index (χ3v) is 6.02. The van der Waals surface area contributed by atoms with Gasteiger partial charge in [-0.05, 0) is 60.6 Å². The normalized spacial score (nSPS) is 13.5. The zero-order valence-electron chi connectivity index (χ0n) is 14.5. The van der Waals surface area contributed by atoms with Crippen LogP contribution in [0.2, 0.25) is 0 Å². The molecule has 5 nitrogen and oxygen atoms in total. The highest BCUT2D eigenvalue weighted by Crippen LogP contribution is 2.26. The molecule has 2 aromatic carbocycles. The molecule has 3 rings (SSSR count). The van der Waals surface area contributed by atoms with E-state index in [0.29, 0.717) is 29.4 Å². The van der Waals surface area contributed by atoms with Crippen LogP contribution in [-0.4, -0.2) is 29.2 Å². The average Bonchev–Trinajstić information content (AvgIpc) is 3.09. The van der Waals surface area contributed by atoms with Gasteiger partial charge in [0.05, 0.1) is 19.1 Å². The SMILES string of the molecule is COc1ccc(CCNS(=O)(=O)c2ccc3c(c2)CCC3)c(OC)c1. The summed E-state index contributed by atoms with van der Waals surface area (Å²) in [5.74, 6) is 1.40. The van der Waals surface area contributed by atoms with Gasteiger partial charge in [-0.3, -0.25) is 0 Å². The van der Waals surface area contributed by atoms with Crippen molar-refractivity contribution in [3.63, 3.8) is 0 Å². The monoisotopic (exact) mass is 361 g/mol. The lowest BCUT2D eigenvalue weighted by Gasteiger charge is -2.12. The van der Waals surface area contributed by atoms with Crippen LogP contribution in [0.3, 0.4) is 0 Å². The van der Waals surface area contributed by atoms with Crippen molar-refractivity contribution in [2.75, 3.05) is 20.8 Å². The number of benzene rings is 2. The Morgan fingerprint density at radius 1 is 1.00 bits per heavy atom. The third-order valence-electron chi connectivity index (χ3n) is 4.56. The first-order valence-electron chi connectivity index (χ1n) is 8.36. The van der Waals surface area contributed by atoms with Gasteiger partial charge in [0.15, 0.2) is 0 Å². The summed E-state index contributed by atoms with van der Waals surface area (Å²) in [5, 5.41) is 0. The molecule has 0 heterocycles. The summed E-state index contributed by atoms with van der Waals surface area (Å²) in [6, 6.07) is 11.0. The number of ether oxygens (including phenoxy) is 2. The predicted octanol–water partition coefficient (Wildman–Crippen LogP) is 2.71. The van der Waals surface area contributed by atoms with Crippen molar-refractivity contribution in [1.29, 1.82) is 0 Å². The van der Waals surface area contributed by atoms with Crippen LogP contribution in [0.5, 0.6) is 11.5 Å². The summed E-state index contributed by atoms with van der Waals surface area (Å²) in [4.78, 5) is 0.342. The van der Waals surface area contributed by atoms with E-state index in [1.807, 2.05) is 18.2 Å². The summed E-state index contributed by atoms with van der Waals surface area (Å²) >= 11 is 0. The van der Waals surface area contributed by atoms with E-state index in [0.717, 1.165) is 30.4 Å². The lowest BCUT2D eigenvalue weighted by Crippen LogP contribution is -2.26. The van der Waals surface area contributed by atoms with Crippen molar-refractivity contribution in [3.05, 3.63) is 53.1 Å². The first kappa shape index (κ1) is 17.8. The van der Waals surface area contributed by atoms with Gasteiger partial charge in [0.25, 0.3) is 0 Å². The highest BCUT2D eigenvalue weighted by molar-refractivity contribution is 7.89. The number of hydrogen-bond donors (Lipinski definition) is 1. The van der Waals surface area contributed by atoms with Crippen LogP contribution in [-0.2, 0) is 29.3 Å². The van der Waals surface area contributed by atoms with Gasteiger partial charge < -0.3 is 9.47 Å². The molecular weight excluding hydrogens is 338 g/mol. The van der Waals surface area contributed by atoms with Crippen LogP contribution in [0.1, 0.15) is 23.1 Å². The molecule has 0 radical (unpaired) electrons. The Morgan fingerprint density at radius 2 is 1.80 bits per heavy atom. The first-order chi connectivity index (χ1) is 12.0. The molecule has 1 N–H and O–H groups in total. The van der Waals surface area contributed by atoms with E-state index in [2.05, 4.69) is 4.72 Å². The number of aryl methyl sites for hydroxylation is 2. The van der Waals surface area contributed by atoms with Crippen LogP contribution in [0, 0.1) is 0 Å². The minimum atomic E-state index is -3.50. The molecule has 0 fully saturated rings. The molecular formula is C19H23NO4S. The van der Waals surface area contributed by atoms with Gasteiger partial charge in [-0.1, -0.05) is 12.1 Å². The van der Waals surface area contributed by atoms with Crippen molar-refractivity contribution >= 4 is 10.0 Å². The number of sulfonamides is 1. The van der Waals surface area contributed by atoms with Crippen molar-refractivity contribution in [1.82, 2.24) is 4.72 Å². The minimum absolute atomic E-state index is 0.308. The fourth-order valence-corrected chi connectivity index (χ4v) is 4.26. The maximum atomic E-state index is 12.5. The van der Waals surface area contributed by atoms with E-state index < -0.39 is 10.0 Å². The van der Waals surface area contributed by atoms with Gasteiger partial charge >= 0.3 is 0 Å². The molecule has 0 unspecified atom stereocenters. The van der Waals surface area contributed by atoms with Crippen LogP contribution in [0.15, 0.2) is 41.3 Å². The summed E-state index contributed by atoms with van der Waals surface area (Å²) in [6.07, 6.45) is 3.64. The van der Waals surface area contributed by atoms with Crippen molar-refractivity contribution < 1.29 is 17.9 Å². The smallest absolute Gasteiger partial charge is 0.240 e. The number of methoxy groups -OCH3 is 2. The van der Waals surface area contributed by atoms with E-state index in [1.54, 1.807) is 32.4 Å². The van der Waals surface area contributed by atoms with Crippen LogP contribution >= 0.6 is 0 Å². The van der Waals surface area contributed by atoms with E-state index in [1.165, 1.54) is 5.56 Å². The second-order valence-electron chi connectivity index (χ2n) is 6.11. The molecule has 134 valence electrons. The maximum Gasteiger partial charge on any atom is 0.240 e. The number of rotatable bonds is 7. The highest BCUT2D eigenvalue weighted by atomic mass is 32.2. The van der Waals surface area contributed by atoms with Gasteiger partial charge in [0, 0.05) is 12.6 Å². The molecule has 25 heavy (non-hydrogen) atoms. The summed E-state index contributed by atoms with van der Waals surface area (Å²) in [6.45, 7) is 0.308. The number of fused-ring (bicyclic) bond motifs is 1. The molecule has 0 amide bonds. The molecule has 0 aliphatic heterocycles. The molecule has 0 atom stereocenters. The Balaban J connectivity index is 1.67. The second-order valence-corrected chi connectivity index (χ2v) is 7.88. The molecule has 0 saturated heterocycles. The van der Waals surface area contributed by atoms with Crippen molar-refractivity contribution in [3.8, 4) is 11.5 Å². The van der Waals surface area contributed by atoms with Crippen LogP contribution < -0.4 is 14.2 Å². The Bertz CT molecular complexity index is 862. The molecule has 1 aliphatic carbocycles. The quantitative estimate of drug-likeness (QED) is 0.824. The Hall–Kier alpha value is -2.05. The second kappa shape index (κ2) is 7.45. The maximum absolute atomic E-state index is 12.5. The lowest BCUT2D eigenvalue weighted by molar-refractivity contribution is 0.391. The average molecular weight is 361 g/mol. The van der Waals surface area contributed by atoms with Gasteiger partial charge in [-0.15, -0.1) is 0 Å².